The Hall–Kier alpha value is -1.96. The Kier molecular flexibility index (Phi) is 5.43. The van der Waals surface area contributed by atoms with Gasteiger partial charge in [-0.1, -0.05) is 51.7 Å². The second-order valence-electron chi connectivity index (χ2n) is 8.85. The fourth-order valence-electron chi connectivity index (χ4n) is 5.28. The van der Waals surface area contributed by atoms with Crippen LogP contribution >= 0.6 is 0 Å². The lowest BCUT2D eigenvalue weighted by Gasteiger charge is -2.39. The first-order valence-corrected chi connectivity index (χ1v) is 10.8. The first kappa shape index (κ1) is 18.4. The summed E-state index contributed by atoms with van der Waals surface area (Å²) in [4.78, 5) is 9.06. The standard InChI is InChI=1S/C25H32N2/c1-3-4-5-13-25(2)14-6-8-19(17-25)22-12-16-27-23-11-10-21(24(22)23)20-9-7-15-26-18-20/h7,9-10,12,15-16,18-19H,3-6,8,11,13-14,17H2,1-2H3/t19?,25-/m1/s1. The zero-order chi connectivity index (χ0) is 18.7. The number of hydrogen-bond acceptors (Lipinski definition) is 2. The summed E-state index contributed by atoms with van der Waals surface area (Å²) in [5.74, 6) is 0.667. The summed E-state index contributed by atoms with van der Waals surface area (Å²) >= 11 is 0. The molecule has 2 aliphatic carbocycles. The molecule has 0 amide bonds. The molecular weight excluding hydrogens is 328 g/mol. The molecule has 2 aliphatic rings. The van der Waals surface area contributed by atoms with E-state index in [0.29, 0.717) is 11.3 Å². The zero-order valence-corrected chi connectivity index (χ0v) is 16.9. The maximum atomic E-state index is 4.72. The van der Waals surface area contributed by atoms with Crippen molar-refractivity contribution >= 4 is 5.57 Å². The molecule has 1 saturated carbocycles. The molecule has 0 radical (unpaired) electrons. The van der Waals surface area contributed by atoms with Crippen LogP contribution in [0.4, 0.5) is 0 Å². The lowest BCUT2D eigenvalue weighted by molar-refractivity contribution is 0.173. The minimum atomic E-state index is 0.505. The highest BCUT2D eigenvalue weighted by Crippen LogP contribution is 2.49. The summed E-state index contributed by atoms with van der Waals surface area (Å²) in [6, 6.07) is 6.52. The minimum absolute atomic E-state index is 0.505. The molecule has 0 aliphatic heterocycles. The zero-order valence-electron chi connectivity index (χ0n) is 16.9. The first-order chi connectivity index (χ1) is 13.2. The number of allylic oxidation sites excluding steroid dienone is 1. The Balaban J connectivity index is 1.62. The van der Waals surface area contributed by atoms with Crippen LogP contribution in [0.5, 0.6) is 0 Å². The van der Waals surface area contributed by atoms with Gasteiger partial charge in [0.15, 0.2) is 0 Å². The van der Waals surface area contributed by atoms with E-state index in [2.05, 4.69) is 37.0 Å². The van der Waals surface area contributed by atoms with Crippen molar-refractivity contribution in [2.75, 3.05) is 0 Å². The van der Waals surface area contributed by atoms with E-state index in [-0.39, 0.29) is 0 Å². The maximum Gasteiger partial charge on any atom is 0.0522 e. The van der Waals surface area contributed by atoms with Crippen LogP contribution < -0.4 is 0 Å². The van der Waals surface area contributed by atoms with Gasteiger partial charge in [-0.3, -0.25) is 9.97 Å². The summed E-state index contributed by atoms with van der Waals surface area (Å²) in [6.07, 6.45) is 20.0. The Morgan fingerprint density at radius 3 is 2.93 bits per heavy atom. The molecule has 2 heterocycles. The van der Waals surface area contributed by atoms with Gasteiger partial charge >= 0.3 is 0 Å². The van der Waals surface area contributed by atoms with Gasteiger partial charge in [0.1, 0.15) is 0 Å². The summed E-state index contributed by atoms with van der Waals surface area (Å²) in [5.41, 5.74) is 7.28. The van der Waals surface area contributed by atoms with Crippen molar-refractivity contribution in [3.05, 3.63) is 65.2 Å². The van der Waals surface area contributed by atoms with Crippen LogP contribution in [0, 0.1) is 5.41 Å². The van der Waals surface area contributed by atoms with Crippen LogP contribution in [0.1, 0.15) is 93.5 Å². The van der Waals surface area contributed by atoms with Gasteiger partial charge in [0.2, 0.25) is 0 Å². The number of nitrogens with zero attached hydrogens (tertiary/aromatic N) is 2. The largest absolute Gasteiger partial charge is 0.264 e. The van der Waals surface area contributed by atoms with Gasteiger partial charge in [-0.25, -0.2) is 0 Å². The summed E-state index contributed by atoms with van der Waals surface area (Å²) in [7, 11) is 0. The van der Waals surface area contributed by atoms with E-state index in [9.17, 15) is 0 Å². The molecule has 1 unspecified atom stereocenters. The second kappa shape index (κ2) is 7.96. The highest BCUT2D eigenvalue weighted by atomic mass is 14.7. The molecule has 0 spiro atoms. The molecule has 1 fully saturated rings. The van der Waals surface area contributed by atoms with Crippen LogP contribution in [0.15, 0.2) is 42.9 Å². The average Bonchev–Trinajstić information content (AvgIpc) is 3.13. The van der Waals surface area contributed by atoms with Gasteiger partial charge < -0.3 is 0 Å². The molecule has 2 aromatic heterocycles. The molecule has 0 saturated heterocycles. The van der Waals surface area contributed by atoms with Crippen molar-refractivity contribution in [2.45, 2.75) is 77.6 Å². The molecule has 142 valence electrons. The molecule has 2 atom stereocenters. The topological polar surface area (TPSA) is 25.8 Å². The second-order valence-corrected chi connectivity index (χ2v) is 8.85. The van der Waals surface area contributed by atoms with E-state index < -0.39 is 0 Å². The van der Waals surface area contributed by atoms with Crippen molar-refractivity contribution in [3.63, 3.8) is 0 Å². The number of aromatic nitrogens is 2. The Labute approximate surface area is 164 Å². The number of unbranched alkanes of at least 4 members (excludes halogenated alkanes) is 2. The lowest BCUT2D eigenvalue weighted by Crippen LogP contribution is -2.25. The molecule has 0 N–H and O–H groups in total. The Bertz CT molecular complexity index is 808. The highest BCUT2D eigenvalue weighted by molar-refractivity contribution is 5.85. The number of hydrogen-bond donors (Lipinski definition) is 0. The van der Waals surface area contributed by atoms with E-state index in [1.54, 1.807) is 0 Å². The monoisotopic (exact) mass is 360 g/mol. The van der Waals surface area contributed by atoms with E-state index in [1.807, 2.05) is 24.7 Å². The molecule has 2 nitrogen and oxygen atoms in total. The van der Waals surface area contributed by atoms with E-state index in [0.717, 1.165) is 6.42 Å². The quantitative estimate of drug-likeness (QED) is 0.535. The summed E-state index contributed by atoms with van der Waals surface area (Å²) in [6.45, 7) is 4.84. The van der Waals surface area contributed by atoms with E-state index in [1.165, 1.54) is 79.3 Å². The van der Waals surface area contributed by atoms with Crippen molar-refractivity contribution in [3.8, 4) is 0 Å². The number of rotatable bonds is 6. The molecule has 4 rings (SSSR count). The van der Waals surface area contributed by atoms with Crippen LogP contribution in [0.25, 0.3) is 5.57 Å². The van der Waals surface area contributed by atoms with Gasteiger partial charge in [0.05, 0.1) is 5.69 Å². The molecule has 27 heavy (non-hydrogen) atoms. The number of pyridine rings is 2. The predicted octanol–water partition coefficient (Wildman–Crippen LogP) is 6.71. The normalized spacial score (nSPS) is 24.5. The molecule has 2 heteroatoms. The molecular formula is C25H32N2. The van der Waals surface area contributed by atoms with Crippen molar-refractivity contribution in [1.82, 2.24) is 9.97 Å². The Morgan fingerprint density at radius 1 is 1.19 bits per heavy atom. The van der Waals surface area contributed by atoms with Gasteiger partial charge in [0.25, 0.3) is 0 Å². The third-order valence-corrected chi connectivity index (χ3v) is 6.70. The average molecular weight is 361 g/mol. The SMILES string of the molecule is CCCCC[C@]1(C)CCCC(c2ccnc3c2C(c2cccnc2)=CC3)C1. The maximum absolute atomic E-state index is 4.72. The first-order valence-electron chi connectivity index (χ1n) is 10.8. The van der Waals surface area contributed by atoms with Crippen molar-refractivity contribution in [2.24, 2.45) is 5.41 Å². The lowest BCUT2D eigenvalue weighted by atomic mass is 9.66. The van der Waals surface area contributed by atoms with E-state index >= 15 is 0 Å². The van der Waals surface area contributed by atoms with Crippen LogP contribution in [0.2, 0.25) is 0 Å². The smallest absolute Gasteiger partial charge is 0.0522 e. The van der Waals surface area contributed by atoms with E-state index in [4.69, 9.17) is 4.98 Å². The summed E-state index contributed by atoms with van der Waals surface area (Å²) in [5, 5.41) is 0. The Morgan fingerprint density at radius 2 is 2.11 bits per heavy atom. The van der Waals surface area contributed by atoms with Gasteiger partial charge in [0, 0.05) is 36.1 Å². The van der Waals surface area contributed by atoms with Crippen LogP contribution in [-0.4, -0.2) is 9.97 Å². The third-order valence-electron chi connectivity index (χ3n) is 6.70. The molecule has 0 aromatic carbocycles. The van der Waals surface area contributed by atoms with Crippen LogP contribution in [0.3, 0.4) is 0 Å². The van der Waals surface area contributed by atoms with Crippen LogP contribution in [-0.2, 0) is 6.42 Å². The molecule has 0 bridgehead atoms. The molecule has 2 aromatic rings. The fourth-order valence-corrected chi connectivity index (χ4v) is 5.28. The minimum Gasteiger partial charge on any atom is -0.264 e. The van der Waals surface area contributed by atoms with Gasteiger partial charge in [-0.05, 0) is 60.3 Å². The van der Waals surface area contributed by atoms with Crippen molar-refractivity contribution < 1.29 is 0 Å². The predicted molar refractivity (Wildman–Crippen MR) is 113 cm³/mol. The highest BCUT2D eigenvalue weighted by Gasteiger charge is 2.34. The van der Waals surface area contributed by atoms with Crippen molar-refractivity contribution in [1.29, 1.82) is 0 Å². The third kappa shape index (κ3) is 3.85. The van der Waals surface area contributed by atoms with Gasteiger partial charge in [-0.2, -0.15) is 0 Å². The van der Waals surface area contributed by atoms with Gasteiger partial charge in [-0.15, -0.1) is 0 Å². The summed E-state index contributed by atoms with van der Waals surface area (Å²) < 4.78 is 0. The fraction of sp³-hybridized carbons (Fsp3) is 0.520. The number of fused-ring (bicyclic) bond motifs is 1.